The van der Waals surface area contributed by atoms with Crippen molar-refractivity contribution >= 4 is 23.5 Å². The van der Waals surface area contributed by atoms with Crippen molar-refractivity contribution in [3.8, 4) is 0 Å². The molecule has 0 radical (unpaired) electrons. The van der Waals surface area contributed by atoms with Crippen LogP contribution in [-0.2, 0) is 14.3 Å². The number of allylic oxidation sites excluding steroid dienone is 1. The average Bonchev–Trinajstić information content (AvgIpc) is 2.53. The zero-order chi connectivity index (χ0) is 17.9. The summed E-state index contributed by atoms with van der Waals surface area (Å²) in [6.45, 7) is 6.10. The fraction of sp³-hybridized carbons (Fsp3) is 0.474. The van der Waals surface area contributed by atoms with Crippen molar-refractivity contribution in [1.29, 1.82) is 0 Å². The second-order valence-corrected chi connectivity index (χ2v) is 7.99. The Morgan fingerprint density at radius 2 is 1.96 bits per heavy atom. The minimum absolute atomic E-state index is 0.147. The fourth-order valence-corrected chi connectivity index (χ4v) is 4.09. The van der Waals surface area contributed by atoms with Gasteiger partial charge in [0.05, 0.1) is 7.11 Å². The molecule has 1 aliphatic carbocycles. The first-order chi connectivity index (χ1) is 11.2. The second kappa shape index (κ2) is 7.43. The maximum atomic E-state index is 12.1. The molecule has 0 aliphatic heterocycles. The Hall–Kier alpha value is -1.75. The first-order valence-electron chi connectivity index (χ1n) is 7.95. The number of esters is 1. The van der Waals surface area contributed by atoms with E-state index in [1.807, 2.05) is 20.8 Å². The van der Waals surface area contributed by atoms with Gasteiger partial charge in [0.1, 0.15) is 11.7 Å². The third-order valence-corrected chi connectivity index (χ3v) is 6.04. The molecular weight excluding hydrogens is 324 g/mol. The zero-order valence-electron chi connectivity index (χ0n) is 14.5. The molecule has 0 bridgehead atoms. The summed E-state index contributed by atoms with van der Waals surface area (Å²) in [5.41, 5.74) is 0.879. The number of methoxy groups -OCH3 is 1. The SMILES string of the molecule is COC(=O)C1C(O)=CC(=O)CC1C(C)(C)CSc1ccc(C)cc1. The Labute approximate surface area is 147 Å². The van der Waals surface area contributed by atoms with Crippen LogP contribution in [-0.4, -0.2) is 29.7 Å². The number of aliphatic hydroxyl groups is 1. The largest absolute Gasteiger partial charge is 0.511 e. The molecule has 0 spiro atoms. The Morgan fingerprint density at radius 1 is 1.33 bits per heavy atom. The van der Waals surface area contributed by atoms with E-state index < -0.39 is 11.9 Å². The number of hydrogen-bond donors (Lipinski definition) is 1. The van der Waals surface area contributed by atoms with Gasteiger partial charge in [-0.1, -0.05) is 31.5 Å². The number of aryl methyl sites for hydroxylation is 1. The van der Waals surface area contributed by atoms with Gasteiger partial charge in [0, 0.05) is 23.1 Å². The number of hydrogen-bond acceptors (Lipinski definition) is 5. The number of aliphatic hydroxyl groups excluding tert-OH is 1. The van der Waals surface area contributed by atoms with Crippen LogP contribution in [0.1, 0.15) is 25.8 Å². The first kappa shape index (κ1) is 18.6. The lowest BCUT2D eigenvalue weighted by atomic mass is 9.67. The lowest BCUT2D eigenvalue weighted by molar-refractivity contribution is -0.149. The summed E-state index contributed by atoms with van der Waals surface area (Å²) >= 11 is 1.69. The number of thioether (sulfide) groups is 1. The number of carbonyl (C=O) groups excluding carboxylic acids is 2. The molecule has 24 heavy (non-hydrogen) atoms. The Bertz CT molecular complexity index is 646. The maximum absolute atomic E-state index is 12.1. The van der Waals surface area contributed by atoms with Gasteiger partial charge in [0.25, 0.3) is 0 Å². The summed E-state index contributed by atoms with van der Waals surface area (Å²) in [6, 6.07) is 8.26. The van der Waals surface area contributed by atoms with Crippen LogP contribution in [0.15, 0.2) is 41.0 Å². The molecule has 1 aromatic carbocycles. The summed E-state index contributed by atoms with van der Waals surface area (Å²) < 4.78 is 4.84. The highest BCUT2D eigenvalue weighted by Crippen LogP contribution is 2.44. The van der Waals surface area contributed by atoms with Gasteiger partial charge in [0.2, 0.25) is 0 Å². The summed E-state index contributed by atoms with van der Waals surface area (Å²) in [6.07, 6.45) is 1.40. The smallest absolute Gasteiger partial charge is 0.316 e. The molecular formula is C19H24O4S. The van der Waals surface area contributed by atoms with Crippen LogP contribution in [0.2, 0.25) is 0 Å². The van der Waals surface area contributed by atoms with E-state index in [1.165, 1.54) is 12.7 Å². The van der Waals surface area contributed by atoms with Crippen molar-refractivity contribution in [2.75, 3.05) is 12.9 Å². The van der Waals surface area contributed by atoms with Crippen molar-refractivity contribution in [2.24, 2.45) is 17.3 Å². The van der Waals surface area contributed by atoms with Crippen LogP contribution >= 0.6 is 11.8 Å². The summed E-state index contributed by atoms with van der Waals surface area (Å²) in [5.74, 6) is -1.16. The molecule has 0 amide bonds. The molecule has 0 fully saturated rings. The predicted molar refractivity (Wildman–Crippen MR) is 95.0 cm³/mol. The van der Waals surface area contributed by atoms with Crippen molar-refractivity contribution < 1.29 is 19.4 Å². The molecule has 4 nitrogen and oxygen atoms in total. The van der Waals surface area contributed by atoms with Gasteiger partial charge in [-0.2, -0.15) is 0 Å². The average molecular weight is 348 g/mol. The molecule has 0 aromatic heterocycles. The van der Waals surface area contributed by atoms with E-state index in [-0.39, 0.29) is 29.3 Å². The highest BCUT2D eigenvalue weighted by Gasteiger charge is 2.45. The van der Waals surface area contributed by atoms with Gasteiger partial charge in [0.15, 0.2) is 5.78 Å². The fourth-order valence-electron chi connectivity index (χ4n) is 3.00. The van der Waals surface area contributed by atoms with Gasteiger partial charge >= 0.3 is 5.97 Å². The monoisotopic (exact) mass is 348 g/mol. The zero-order valence-corrected chi connectivity index (χ0v) is 15.4. The highest BCUT2D eigenvalue weighted by atomic mass is 32.2. The molecule has 1 aliphatic rings. The molecule has 2 rings (SSSR count). The van der Waals surface area contributed by atoms with E-state index in [1.54, 1.807) is 11.8 Å². The van der Waals surface area contributed by atoms with Crippen molar-refractivity contribution in [3.63, 3.8) is 0 Å². The van der Waals surface area contributed by atoms with E-state index >= 15 is 0 Å². The van der Waals surface area contributed by atoms with Gasteiger partial charge in [-0.25, -0.2) is 0 Å². The van der Waals surface area contributed by atoms with Crippen LogP contribution in [0.3, 0.4) is 0 Å². The number of benzene rings is 1. The lowest BCUT2D eigenvalue weighted by Gasteiger charge is -2.39. The summed E-state index contributed by atoms with van der Waals surface area (Å²) in [5, 5.41) is 10.1. The van der Waals surface area contributed by atoms with E-state index in [4.69, 9.17) is 4.74 Å². The minimum atomic E-state index is -0.777. The topological polar surface area (TPSA) is 63.6 Å². The summed E-state index contributed by atoms with van der Waals surface area (Å²) in [7, 11) is 1.30. The third-order valence-electron chi connectivity index (χ3n) is 4.54. The van der Waals surface area contributed by atoms with Crippen LogP contribution in [0.4, 0.5) is 0 Å². The number of rotatable bonds is 5. The van der Waals surface area contributed by atoms with Gasteiger partial charge in [-0.3, -0.25) is 9.59 Å². The molecule has 0 saturated carbocycles. The molecule has 130 valence electrons. The van der Waals surface area contributed by atoms with E-state index in [0.29, 0.717) is 0 Å². The van der Waals surface area contributed by atoms with E-state index in [0.717, 1.165) is 16.7 Å². The first-order valence-corrected chi connectivity index (χ1v) is 8.94. The van der Waals surface area contributed by atoms with E-state index in [2.05, 4.69) is 24.3 Å². The van der Waals surface area contributed by atoms with Gasteiger partial charge in [-0.15, -0.1) is 11.8 Å². The molecule has 1 N–H and O–H groups in total. The maximum Gasteiger partial charge on any atom is 0.316 e. The molecule has 5 heteroatoms. The summed E-state index contributed by atoms with van der Waals surface area (Å²) in [4.78, 5) is 25.2. The normalized spacial score (nSPS) is 21.3. The van der Waals surface area contributed by atoms with Crippen LogP contribution < -0.4 is 0 Å². The standard InChI is InChI=1S/C19H24O4S/c1-12-5-7-14(8-6-12)24-11-19(2,3)15-9-13(20)10-16(21)17(15)18(22)23-4/h5-8,10,15,17,21H,9,11H2,1-4H3. The van der Waals surface area contributed by atoms with Crippen LogP contribution in [0.25, 0.3) is 0 Å². The van der Waals surface area contributed by atoms with Crippen LogP contribution in [0.5, 0.6) is 0 Å². The van der Waals surface area contributed by atoms with Crippen molar-refractivity contribution in [3.05, 3.63) is 41.7 Å². The van der Waals surface area contributed by atoms with Crippen molar-refractivity contribution in [2.45, 2.75) is 32.1 Å². The minimum Gasteiger partial charge on any atom is -0.511 e. The Kier molecular flexibility index (Phi) is 5.75. The molecule has 0 heterocycles. The van der Waals surface area contributed by atoms with Gasteiger partial charge in [-0.05, 0) is 30.4 Å². The highest BCUT2D eigenvalue weighted by molar-refractivity contribution is 7.99. The molecule has 2 atom stereocenters. The lowest BCUT2D eigenvalue weighted by Crippen LogP contribution is -2.41. The van der Waals surface area contributed by atoms with Gasteiger partial charge < -0.3 is 9.84 Å². The second-order valence-electron chi connectivity index (χ2n) is 6.94. The van der Waals surface area contributed by atoms with E-state index in [9.17, 15) is 14.7 Å². The predicted octanol–water partition coefficient (Wildman–Crippen LogP) is 3.93. The quantitative estimate of drug-likeness (QED) is 0.645. The Morgan fingerprint density at radius 3 is 2.54 bits per heavy atom. The number of ketones is 1. The number of carbonyl (C=O) groups is 2. The van der Waals surface area contributed by atoms with Crippen LogP contribution in [0, 0.1) is 24.2 Å². The third kappa shape index (κ3) is 4.20. The molecule has 1 aromatic rings. The van der Waals surface area contributed by atoms with Crippen molar-refractivity contribution in [1.82, 2.24) is 0 Å². The molecule has 2 unspecified atom stereocenters. The molecule has 0 saturated heterocycles. The Balaban J connectivity index is 2.18. The number of ether oxygens (including phenoxy) is 1.